The van der Waals surface area contributed by atoms with Crippen molar-refractivity contribution in [2.24, 2.45) is 11.8 Å². The molecular weight excluding hydrogens is 176 g/mol. The molecule has 0 saturated heterocycles. The molecule has 0 saturated carbocycles. The Morgan fingerprint density at radius 3 is 2.14 bits per heavy atom. The summed E-state index contributed by atoms with van der Waals surface area (Å²) in [6, 6.07) is 0.278. The number of nitrogens with one attached hydrogen (secondary N) is 1. The predicted molar refractivity (Wildman–Crippen MR) is 60.9 cm³/mol. The van der Waals surface area contributed by atoms with Gasteiger partial charge in [-0.3, -0.25) is 11.3 Å². The van der Waals surface area contributed by atoms with E-state index in [4.69, 9.17) is 10.6 Å². The second-order valence-corrected chi connectivity index (χ2v) is 3.85. The van der Waals surface area contributed by atoms with Crippen LogP contribution in [0.5, 0.6) is 0 Å². The summed E-state index contributed by atoms with van der Waals surface area (Å²) in [7, 11) is 0. The van der Waals surface area contributed by atoms with E-state index in [9.17, 15) is 0 Å². The standard InChI is InChI=1S/C11H26N2O/c1-5-10(6-2)8-11(13-12)9(4)14-7-3/h9-11,13H,5-8,12H2,1-4H3. The molecule has 0 spiro atoms. The molecule has 2 atom stereocenters. The van der Waals surface area contributed by atoms with E-state index in [1.165, 1.54) is 12.8 Å². The fourth-order valence-electron chi connectivity index (χ4n) is 1.76. The van der Waals surface area contributed by atoms with Gasteiger partial charge in [0.05, 0.1) is 6.10 Å². The molecule has 0 aliphatic heterocycles. The van der Waals surface area contributed by atoms with E-state index >= 15 is 0 Å². The Balaban J connectivity index is 3.98. The minimum Gasteiger partial charge on any atom is -0.377 e. The molecule has 0 aromatic heterocycles. The van der Waals surface area contributed by atoms with Gasteiger partial charge in [0.25, 0.3) is 0 Å². The predicted octanol–water partition coefficient (Wildman–Crippen LogP) is 2.07. The van der Waals surface area contributed by atoms with Crippen molar-refractivity contribution in [3.8, 4) is 0 Å². The Morgan fingerprint density at radius 2 is 1.79 bits per heavy atom. The van der Waals surface area contributed by atoms with Crippen molar-refractivity contribution in [1.29, 1.82) is 0 Å². The van der Waals surface area contributed by atoms with Gasteiger partial charge in [0.1, 0.15) is 0 Å². The summed E-state index contributed by atoms with van der Waals surface area (Å²) < 4.78 is 5.54. The van der Waals surface area contributed by atoms with Crippen molar-refractivity contribution >= 4 is 0 Å². The molecule has 0 bridgehead atoms. The molecule has 3 nitrogen and oxygen atoms in total. The first-order valence-electron chi connectivity index (χ1n) is 5.77. The summed E-state index contributed by atoms with van der Waals surface area (Å²) in [6.07, 6.45) is 3.73. The molecule has 2 unspecified atom stereocenters. The Labute approximate surface area is 88.4 Å². The number of rotatable bonds is 8. The largest absolute Gasteiger partial charge is 0.377 e. The molecule has 86 valence electrons. The maximum absolute atomic E-state index is 5.54. The Hall–Kier alpha value is -0.120. The summed E-state index contributed by atoms with van der Waals surface area (Å²) in [5.41, 5.74) is 2.86. The summed E-state index contributed by atoms with van der Waals surface area (Å²) in [5, 5.41) is 0. The van der Waals surface area contributed by atoms with Crippen LogP contribution in [0.4, 0.5) is 0 Å². The van der Waals surface area contributed by atoms with Gasteiger partial charge in [0.15, 0.2) is 0 Å². The maximum atomic E-state index is 5.54. The third-order valence-corrected chi connectivity index (χ3v) is 2.95. The highest BCUT2D eigenvalue weighted by Gasteiger charge is 2.19. The van der Waals surface area contributed by atoms with Gasteiger partial charge in [0.2, 0.25) is 0 Å². The molecule has 0 amide bonds. The maximum Gasteiger partial charge on any atom is 0.0713 e. The highest BCUT2D eigenvalue weighted by Crippen LogP contribution is 2.17. The molecular formula is C11H26N2O. The van der Waals surface area contributed by atoms with Crippen LogP contribution in [-0.4, -0.2) is 18.8 Å². The SMILES string of the molecule is CCOC(C)C(CC(CC)CC)NN. The Morgan fingerprint density at radius 1 is 1.21 bits per heavy atom. The van der Waals surface area contributed by atoms with Crippen molar-refractivity contribution in [1.82, 2.24) is 5.43 Å². The molecule has 14 heavy (non-hydrogen) atoms. The molecule has 0 fully saturated rings. The van der Waals surface area contributed by atoms with Gasteiger partial charge in [-0.2, -0.15) is 0 Å². The number of hydrogen-bond donors (Lipinski definition) is 2. The molecule has 3 heteroatoms. The smallest absolute Gasteiger partial charge is 0.0713 e. The molecule has 0 radical (unpaired) electrons. The summed E-state index contributed by atoms with van der Waals surface area (Å²) >= 11 is 0. The number of hydrogen-bond acceptors (Lipinski definition) is 3. The average Bonchev–Trinajstić information content (AvgIpc) is 2.20. The van der Waals surface area contributed by atoms with E-state index in [0.29, 0.717) is 0 Å². The number of nitrogens with two attached hydrogens (primary N) is 1. The van der Waals surface area contributed by atoms with Gasteiger partial charge in [-0.25, -0.2) is 0 Å². The zero-order valence-electron chi connectivity index (χ0n) is 10.0. The van der Waals surface area contributed by atoms with Gasteiger partial charge in [0, 0.05) is 12.6 Å². The lowest BCUT2D eigenvalue weighted by atomic mass is 9.93. The van der Waals surface area contributed by atoms with Crippen molar-refractivity contribution in [2.75, 3.05) is 6.61 Å². The van der Waals surface area contributed by atoms with Gasteiger partial charge in [-0.15, -0.1) is 0 Å². The van der Waals surface area contributed by atoms with Crippen LogP contribution in [0.25, 0.3) is 0 Å². The van der Waals surface area contributed by atoms with Gasteiger partial charge >= 0.3 is 0 Å². The third-order valence-electron chi connectivity index (χ3n) is 2.95. The van der Waals surface area contributed by atoms with E-state index < -0.39 is 0 Å². The lowest BCUT2D eigenvalue weighted by Crippen LogP contribution is -2.45. The van der Waals surface area contributed by atoms with E-state index in [1.54, 1.807) is 0 Å². The van der Waals surface area contributed by atoms with Crippen LogP contribution in [0.15, 0.2) is 0 Å². The summed E-state index contributed by atoms with van der Waals surface area (Å²) in [4.78, 5) is 0. The van der Waals surface area contributed by atoms with E-state index in [-0.39, 0.29) is 12.1 Å². The van der Waals surface area contributed by atoms with Crippen molar-refractivity contribution in [2.45, 2.75) is 59.1 Å². The summed E-state index contributed by atoms with van der Waals surface area (Å²) in [5.74, 6) is 6.28. The zero-order chi connectivity index (χ0) is 11.0. The topological polar surface area (TPSA) is 47.3 Å². The van der Waals surface area contributed by atoms with E-state index in [1.807, 2.05) is 6.92 Å². The summed E-state index contributed by atoms with van der Waals surface area (Å²) in [6.45, 7) is 9.31. The van der Waals surface area contributed by atoms with Gasteiger partial charge in [-0.1, -0.05) is 26.7 Å². The van der Waals surface area contributed by atoms with E-state index in [2.05, 4.69) is 26.2 Å². The van der Waals surface area contributed by atoms with Crippen molar-refractivity contribution in [3.63, 3.8) is 0 Å². The van der Waals surface area contributed by atoms with Crippen LogP contribution < -0.4 is 11.3 Å². The quantitative estimate of drug-likeness (QED) is 0.468. The zero-order valence-corrected chi connectivity index (χ0v) is 10.0. The first-order chi connectivity index (χ1) is 6.69. The molecule has 3 N–H and O–H groups in total. The molecule has 0 aliphatic carbocycles. The number of ether oxygens (including phenoxy) is 1. The molecule has 0 heterocycles. The minimum absolute atomic E-state index is 0.200. The lowest BCUT2D eigenvalue weighted by molar-refractivity contribution is 0.0401. The molecule has 0 rings (SSSR count). The number of hydrazine groups is 1. The fraction of sp³-hybridized carbons (Fsp3) is 1.00. The normalized spacial score (nSPS) is 15.9. The highest BCUT2D eigenvalue weighted by atomic mass is 16.5. The first-order valence-corrected chi connectivity index (χ1v) is 5.77. The second kappa shape index (κ2) is 8.21. The van der Waals surface area contributed by atoms with Crippen LogP contribution in [0.3, 0.4) is 0 Å². The monoisotopic (exact) mass is 202 g/mol. The second-order valence-electron chi connectivity index (χ2n) is 3.85. The average molecular weight is 202 g/mol. The van der Waals surface area contributed by atoms with Crippen LogP contribution in [-0.2, 0) is 4.74 Å². The Kier molecular flexibility index (Phi) is 8.14. The van der Waals surface area contributed by atoms with Gasteiger partial charge < -0.3 is 4.74 Å². The fourth-order valence-corrected chi connectivity index (χ4v) is 1.76. The van der Waals surface area contributed by atoms with Crippen molar-refractivity contribution in [3.05, 3.63) is 0 Å². The minimum atomic E-state index is 0.200. The van der Waals surface area contributed by atoms with Crippen LogP contribution in [0, 0.1) is 5.92 Å². The highest BCUT2D eigenvalue weighted by molar-refractivity contribution is 4.74. The van der Waals surface area contributed by atoms with Gasteiger partial charge in [-0.05, 0) is 26.2 Å². The van der Waals surface area contributed by atoms with Crippen LogP contribution in [0.2, 0.25) is 0 Å². The Bertz CT molecular complexity index is 126. The first kappa shape index (κ1) is 13.9. The van der Waals surface area contributed by atoms with Crippen LogP contribution in [0.1, 0.15) is 47.0 Å². The third kappa shape index (κ3) is 4.94. The van der Waals surface area contributed by atoms with Crippen molar-refractivity contribution < 1.29 is 4.74 Å². The molecule has 0 aliphatic rings. The lowest BCUT2D eigenvalue weighted by Gasteiger charge is -2.26. The molecule has 0 aromatic rings. The van der Waals surface area contributed by atoms with Crippen LogP contribution >= 0.6 is 0 Å². The van der Waals surface area contributed by atoms with E-state index in [0.717, 1.165) is 18.9 Å². The molecule has 0 aromatic carbocycles.